The fourth-order valence-electron chi connectivity index (χ4n) is 1.52. The van der Waals surface area contributed by atoms with Crippen LogP contribution in [0.4, 0.5) is 0 Å². The molecule has 2 nitrogen and oxygen atoms in total. The highest BCUT2D eigenvalue weighted by molar-refractivity contribution is 14.1. The third-order valence-electron chi connectivity index (χ3n) is 2.33. The minimum absolute atomic E-state index is 0.0316. The first-order valence-corrected chi connectivity index (χ1v) is 8.08. The molecule has 0 atom stereocenters. The Kier molecular flexibility index (Phi) is 4.80. The molecule has 0 N–H and O–H groups in total. The van der Waals surface area contributed by atoms with Gasteiger partial charge in [0.25, 0.3) is 0 Å². The normalized spacial score (nSPS) is 10.4. The molecule has 5 heteroatoms. The van der Waals surface area contributed by atoms with Crippen LogP contribution in [-0.4, -0.2) is 12.4 Å². The van der Waals surface area contributed by atoms with Gasteiger partial charge in [-0.15, -0.1) is 11.3 Å². The second kappa shape index (κ2) is 6.16. The van der Waals surface area contributed by atoms with E-state index in [0.29, 0.717) is 12.2 Å². The summed E-state index contributed by atoms with van der Waals surface area (Å²) < 4.78 is 7.26. The quantitative estimate of drug-likeness (QED) is 0.510. The summed E-state index contributed by atoms with van der Waals surface area (Å²) in [5, 5.41) is 1.88. The van der Waals surface area contributed by atoms with Crippen molar-refractivity contribution in [3.63, 3.8) is 0 Å². The summed E-state index contributed by atoms with van der Waals surface area (Å²) >= 11 is 7.21. The number of halogens is 2. The van der Waals surface area contributed by atoms with E-state index in [1.165, 1.54) is 0 Å². The van der Waals surface area contributed by atoms with Crippen molar-refractivity contribution in [3.8, 4) is 5.75 Å². The Morgan fingerprint density at radius 2 is 2.22 bits per heavy atom. The summed E-state index contributed by atoms with van der Waals surface area (Å²) in [6.07, 6.45) is 0. The van der Waals surface area contributed by atoms with Gasteiger partial charge in [0.1, 0.15) is 5.75 Å². The van der Waals surface area contributed by atoms with Gasteiger partial charge in [0.2, 0.25) is 0 Å². The summed E-state index contributed by atoms with van der Waals surface area (Å²) in [6.45, 7) is 2.54. The molecule has 0 saturated carbocycles. The Morgan fingerprint density at radius 3 is 2.78 bits per heavy atom. The first-order valence-electron chi connectivity index (χ1n) is 5.33. The summed E-state index contributed by atoms with van der Waals surface area (Å²) in [6, 6.07) is 7.34. The highest BCUT2D eigenvalue weighted by Crippen LogP contribution is 2.27. The van der Waals surface area contributed by atoms with E-state index in [1.54, 1.807) is 17.4 Å². The zero-order valence-corrected chi connectivity index (χ0v) is 14.1. The van der Waals surface area contributed by atoms with Crippen molar-refractivity contribution in [1.29, 1.82) is 0 Å². The van der Waals surface area contributed by atoms with Crippen molar-refractivity contribution in [2.75, 3.05) is 6.61 Å². The Hall–Kier alpha value is -0.400. The highest BCUT2D eigenvalue weighted by Gasteiger charge is 2.14. The largest absolute Gasteiger partial charge is 0.494 e. The number of ether oxygens (including phenoxy) is 1. The fourth-order valence-corrected chi connectivity index (χ4v) is 3.39. The molecule has 2 aromatic rings. The number of benzene rings is 1. The number of rotatable bonds is 4. The monoisotopic (exact) mass is 436 g/mol. The van der Waals surface area contributed by atoms with Crippen LogP contribution >= 0.6 is 49.9 Å². The van der Waals surface area contributed by atoms with Gasteiger partial charge in [0.15, 0.2) is 5.78 Å². The van der Waals surface area contributed by atoms with E-state index < -0.39 is 0 Å². The molecule has 0 aliphatic rings. The van der Waals surface area contributed by atoms with Crippen LogP contribution in [0.2, 0.25) is 0 Å². The molecule has 0 bridgehead atoms. The highest BCUT2D eigenvalue weighted by atomic mass is 127. The SMILES string of the molecule is CCOc1ccc(C(=O)c2csc(I)c2)c(Br)c1. The smallest absolute Gasteiger partial charge is 0.195 e. The van der Waals surface area contributed by atoms with Crippen LogP contribution in [0, 0.1) is 2.88 Å². The minimum atomic E-state index is 0.0316. The van der Waals surface area contributed by atoms with Crippen molar-refractivity contribution in [1.82, 2.24) is 0 Å². The third kappa shape index (κ3) is 3.13. The van der Waals surface area contributed by atoms with E-state index in [-0.39, 0.29) is 5.78 Å². The van der Waals surface area contributed by atoms with Gasteiger partial charge in [-0.25, -0.2) is 0 Å². The second-order valence-corrected chi connectivity index (χ2v) is 7.20. The van der Waals surface area contributed by atoms with Crippen molar-refractivity contribution in [2.45, 2.75) is 6.92 Å². The first-order chi connectivity index (χ1) is 8.61. The molecule has 0 saturated heterocycles. The molecule has 1 aromatic carbocycles. The minimum Gasteiger partial charge on any atom is -0.494 e. The Labute approximate surface area is 132 Å². The predicted molar refractivity (Wildman–Crippen MR) is 85.8 cm³/mol. The first kappa shape index (κ1) is 14.0. The van der Waals surface area contributed by atoms with Gasteiger partial charge in [-0.2, -0.15) is 0 Å². The van der Waals surface area contributed by atoms with Gasteiger partial charge in [-0.1, -0.05) is 0 Å². The molecule has 1 aromatic heterocycles. The van der Waals surface area contributed by atoms with Crippen LogP contribution in [0.1, 0.15) is 22.8 Å². The maximum atomic E-state index is 12.3. The average Bonchev–Trinajstić information content (AvgIpc) is 2.76. The lowest BCUT2D eigenvalue weighted by Crippen LogP contribution is -2.01. The molecule has 0 unspecified atom stereocenters. The number of ketones is 1. The lowest BCUT2D eigenvalue weighted by molar-refractivity contribution is 0.103. The number of thiophene rings is 1. The van der Waals surface area contributed by atoms with Gasteiger partial charge >= 0.3 is 0 Å². The lowest BCUT2D eigenvalue weighted by atomic mass is 10.1. The number of hydrogen-bond donors (Lipinski definition) is 0. The number of carbonyl (C=O) groups is 1. The zero-order valence-electron chi connectivity index (χ0n) is 9.57. The maximum Gasteiger partial charge on any atom is 0.195 e. The van der Waals surface area contributed by atoms with E-state index in [9.17, 15) is 4.79 Å². The van der Waals surface area contributed by atoms with Crippen molar-refractivity contribution in [2.24, 2.45) is 0 Å². The van der Waals surface area contributed by atoms with Crippen LogP contribution in [-0.2, 0) is 0 Å². The number of carbonyl (C=O) groups excluding carboxylic acids is 1. The van der Waals surface area contributed by atoms with Crippen LogP contribution in [0.3, 0.4) is 0 Å². The Balaban J connectivity index is 2.31. The van der Waals surface area contributed by atoms with E-state index in [4.69, 9.17) is 4.74 Å². The average molecular weight is 437 g/mol. The van der Waals surface area contributed by atoms with E-state index in [1.807, 2.05) is 30.5 Å². The topological polar surface area (TPSA) is 26.3 Å². The molecule has 0 amide bonds. The molecule has 1 heterocycles. The van der Waals surface area contributed by atoms with Crippen LogP contribution < -0.4 is 4.74 Å². The van der Waals surface area contributed by atoms with Gasteiger partial charge in [0.05, 0.1) is 9.49 Å². The third-order valence-corrected chi connectivity index (χ3v) is 4.77. The van der Waals surface area contributed by atoms with E-state index in [0.717, 1.165) is 18.7 Å². The van der Waals surface area contributed by atoms with Gasteiger partial charge in [-0.05, 0) is 69.7 Å². The summed E-state index contributed by atoms with van der Waals surface area (Å²) in [5.41, 5.74) is 1.39. The molecule has 18 heavy (non-hydrogen) atoms. The molecule has 0 aliphatic carbocycles. The summed E-state index contributed by atoms with van der Waals surface area (Å²) in [5.74, 6) is 0.796. The summed E-state index contributed by atoms with van der Waals surface area (Å²) in [7, 11) is 0. The predicted octanol–water partition coefficient (Wildman–Crippen LogP) is 4.74. The number of hydrogen-bond acceptors (Lipinski definition) is 3. The van der Waals surface area contributed by atoms with E-state index in [2.05, 4.69) is 38.5 Å². The van der Waals surface area contributed by atoms with Crippen LogP contribution in [0.15, 0.2) is 34.1 Å². The molecule has 0 radical (unpaired) electrons. The standard InChI is InChI=1S/C13H10BrIO2S/c1-2-17-9-3-4-10(11(14)6-9)13(16)8-5-12(15)18-7-8/h3-7H,2H2,1H3. The molecule has 0 spiro atoms. The molecule has 0 aliphatic heterocycles. The molecule has 2 rings (SSSR count). The van der Waals surface area contributed by atoms with Crippen molar-refractivity contribution in [3.05, 3.63) is 48.1 Å². The Morgan fingerprint density at radius 1 is 1.44 bits per heavy atom. The van der Waals surface area contributed by atoms with Crippen LogP contribution in [0.5, 0.6) is 5.75 Å². The molecular weight excluding hydrogens is 427 g/mol. The van der Waals surface area contributed by atoms with Gasteiger partial charge < -0.3 is 4.74 Å². The van der Waals surface area contributed by atoms with Gasteiger partial charge in [0, 0.05) is 21.0 Å². The zero-order chi connectivity index (χ0) is 13.1. The van der Waals surface area contributed by atoms with E-state index >= 15 is 0 Å². The second-order valence-electron chi connectivity index (χ2n) is 3.54. The maximum absolute atomic E-state index is 12.3. The fraction of sp³-hybridized carbons (Fsp3) is 0.154. The molecule has 0 fully saturated rings. The van der Waals surface area contributed by atoms with Gasteiger partial charge in [-0.3, -0.25) is 4.79 Å². The van der Waals surface area contributed by atoms with Crippen molar-refractivity contribution >= 4 is 55.6 Å². The molecular formula is C13H10BrIO2S. The van der Waals surface area contributed by atoms with Crippen molar-refractivity contribution < 1.29 is 9.53 Å². The summed E-state index contributed by atoms with van der Waals surface area (Å²) in [4.78, 5) is 12.3. The molecule has 94 valence electrons. The Bertz CT molecular complexity index is 580. The lowest BCUT2D eigenvalue weighted by Gasteiger charge is -2.06. The van der Waals surface area contributed by atoms with Crippen LogP contribution in [0.25, 0.3) is 0 Å².